The number of nitrogens with zero attached hydrogens (tertiary/aromatic N) is 3. The molecule has 146 valence electrons. The summed E-state index contributed by atoms with van der Waals surface area (Å²) in [5.74, 6) is 3.69. The first-order valence-corrected chi connectivity index (χ1v) is 9.81. The Morgan fingerprint density at radius 2 is 1.93 bits per heavy atom. The number of hydrogen-bond donors (Lipinski definition) is 1. The van der Waals surface area contributed by atoms with E-state index in [0.717, 1.165) is 49.7 Å². The predicted molar refractivity (Wildman–Crippen MR) is 102 cm³/mol. The van der Waals surface area contributed by atoms with Crippen LogP contribution in [-0.2, 0) is 6.42 Å². The van der Waals surface area contributed by atoms with Crippen LogP contribution in [0.3, 0.4) is 0 Å². The summed E-state index contributed by atoms with van der Waals surface area (Å²) in [4.78, 5) is 6.94. The van der Waals surface area contributed by atoms with Crippen LogP contribution in [0.15, 0.2) is 22.7 Å². The number of hydrogen-bond acceptors (Lipinski definition) is 7. The van der Waals surface area contributed by atoms with E-state index in [0.29, 0.717) is 24.6 Å². The lowest BCUT2D eigenvalue weighted by atomic mass is 10.0. The summed E-state index contributed by atoms with van der Waals surface area (Å²) in [7, 11) is 0. The van der Waals surface area contributed by atoms with E-state index in [2.05, 4.69) is 53.3 Å². The zero-order valence-corrected chi connectivity index (χ0v) is 16.3. The molecule has 0 amide bonds. The maximum absolute atomic E-state index is 5.49. The second kappa shape index (κ2) is 7.76. The Morgan fingerprint density at radius 1 is 1.15 bits per heavy atom. The molecule has 0 radical (unpaired) electrons. The van der Waals surface area contributed by atoms with Crippen LogP contribution in [0.25, 0.3) is 0 Å². The molecule has 0 unspecified atom stereocenters. The van der Waals surface area contributed by atoms with Crippen molar-refractivity contribution in [2.24, 2.45) is 5.92 Å². The largest absolute Gasteiger partial charge is 0.454 e. The molecule has 1 saturated heterocycles. The fourth-order valence-electron chi connectivity index (χ4n) is 3.70. The molecule has 2 aliphatic heterocycles. The molecule has 27 heavy (non-hydrogen) atoms. The molecule has 7 heteroatoms. The summed E-state index contributed by atoms with van der Waals surface area (Å²) in [6.45, 7) is 8.74. The quantitative estimate of drug-likeness (QED) is 0.834. The van der Waals surface area contributed by atoms with Gasteiger partial charge in [0.05, 0.1) is 6.04 Å². The number of fused-ring (bicyclic) bond motifs is 1. The van der Waals surface area contributed by atoms with Gasteiger partial charge in [-0.15, -0.1) is 0 Å². The van der Waals surface area contributed by atoms with Gasteiger partial charge < -0.3 is 24.2 Å². The van der Waals surface area contributed by atoms with Crippen LogP contribution in [0.1, 0.15) is 51.4 Å². The molecule has 1 aromatic heterocycles. The number of benzene rings is 1. The zero-order chi connectivity index (χ0) is 18.8. The van der Waals surface area contributed by atoms with Crippen LogP contribution in [0.5, 0.6) is 11.5 Å². The third-order valence-corrected chi connectivity index (χ3v) is 5.15. The van der Waals surface area contributed by atoms with Crippen molar-refractivity contribution in [2.45, 2.75) is 52.1 Å². The van der Waals surface area contributed by atoms with E-state index in [4.69, 9.17) is 14.0 Å². The van der Waals surface area contributed by atoms with E-state index in [1.807, 2.05) is 6.07 Å². The SMILES string of the molecule is CC(C)Cc1noc([C@H](C)NC2CCN(c3ccc4c(c3)OCO4)CC2)n1. The molecule has 1 atom stereocenters. The van der Waals surface area contributed by atoms with Gasteiger partial charge in [-0.1, -0.05) is 19.0 Å². The number of rotatable bonds is 6. The van der Waals surface area contributed by atoms with E-state index >= 15 is 0 Å². The highest BCUT2D eigenvalue weighted by Gasteiger charge is 2.24. The van der Waals surface area contributed by atoms with Gasteiger partial charge in [0.25, 0.3) is 0 Å². The number of piperidine rings is 1. The van der Waals surface area contributed by atoms with E-state index in [1.165, 1.54) is 5.69 Å². The normalized spacial score (nSPS) is 18.3. The third kappa shape index (κ3) is 4.18. The number of nitrogens with one attached hydrogen (secondary N) is 1. The Bertz CT molecular complexity index is 768. The fraction of sp³-hybridized carbons (Fsp3) is 0.600. The number of ether oxygens (including phenoxy) is 2. The van der Waals surface area contributed by atoms with Crippen molar-refractivity contribution in [3.63, 3.8) is 0 Å². The molecule has 1 aromatic carbocycles. The minimum absolute atomic E-state index is 0.0699. The average Bonchev–Trinajstić information content (AvgIpc) is 3.30. The highest BCUT2D eigenvalue weighted by Crippen LogP contribution is 2.36. The Hall–Kier alpha value is -2.28. The van der Waals surface area contributed by atoms with Crippen molar-refractivity contribution < 1.29 is 14.0 Å². The van der Waals surface area contributed by atoms with Gasteiger partial charge in [-0.2, -0.15) is 4.98 Å². The molecule has 1 N–H and O–H groups in total. The molecule has 7 nitrogen and oxygen atoms in total. The molecule has 0 aliphatic carbocycles. The first-order valence-electron chi connectivity index (χ1n) is 9.81. The lowest BCUT2D eigenvalue weighted by Crippen LogP contribution is -2.43. The summed E-state index contributed by atoms with van der Waals surface area (Å²) >= 11 is 0. The highest BCUT2D eigenvalue weighted by atomic mass is 16.7. The molecule has 2 aliphatic rings. The minimum Gasteiger partial charge on any atom is -0.454 e. The van der Waals surface area contributed by atoms with Gasteiger partial charge >= 0.3 is 0 Å². The lowest BCUT2D eigenvalue weighted by molar-refractivity contribution is 0.174. The van der Waals surface area contributed by atoms with Crippen molar-refractivity contribution in [3.05, 3.63) is 29.9 Å². The summed E-state index contributed by atoms with van der Waals surface area (Å²) in [5.41, 5.74) is 1.20. The summed E-state index contributed by atoms with van der Waals surface area (Å²) in [5, 5.41) is 7.74. The monoisotopic (exact) mass is 372 g/mol. The molecule has 0 bridgehead atoms. The van der Waals surface area contributed by atoms with Crippen LogP contribution in [-0.4, -0.2) is 36.1 Å². The first-order chi connectivity index (χ1) is 13.1. The minimum atomic E-state index is 0.0699. The van der Waals surface area contributed by atoms with Crippen LogP contribution in [0.4, 0.5) is 5.69 Å². The molecular formula is C20H28N4O3. The van der Waals surface area contributed by atoms with Crippen LogP contribution >= 0.6 is 0 Å². The van der Waals surface area contributed by atoms with Crippen molar-refractivity contribution >= 4 is 5.69 Å². The number of anilines is 1. The average molecular weight is 372 g/mol. The third-order valence-electron chi connectivity index (χ3n) is 5.15. The lowest BCUT2D eigenvalue weighted by Gasteiger charge is -2.35. The molecule has 2 aromatic rings. The van der Waals surface area contributed by atoms with Crippen molar-refractivity contribution in [3.8, 4) is 11.5 Å². The Labute approximate surface area is 160 Å². The fourth-order valence-corrected chi connectivity index (χ4v) is 3.70. The van der Waals surface area contributed by atoms with Crippen molar-refractivity contribution in [1.29, 1.82) is 0 Å². The predicted octanol–water partition coefficient (Wildman–Crippen LogP) is 3.32. The van der Waals surface area contributed by atoms with Gasteiger partial charge in [-0.25, -0.2) is 0 Å². The van der Waals surface area contributed by atoms with Crippen LogP contribution < -0.4 is 19.7 Å². The van der Waals surface area contributed by atoms with Gasteiger partial charge in [-0.05, 0) is 37.8 Å². The van der Waals surface area contributed by atoms with Gasteiger partial charge in [-0.3, -0.25) is 0 Å². The highest BCUT2D eigenvalue weighted by molar-refractivity contribution is 5.57. The smallest absolute Gasteiger partial charge is 0.243 e. The number of aromatic nitrogens is 2. The second-order valence-corrected chi connectivity index (χ2v) is 7.83. The zero-order valence-electron chi connectivity index (χ0n) is 16.3. The Kier molecular flexibility index (Phi) is 5.20. The second-order valence-electron chi connectivity index (χ2n) is 7.83. The molecular weight excluding hydrogens is 344 g/mol. The van der Waals surface area contributed by atoms with E-state index < -0.39 is 0 Å². The summed E-state index contributed by atoms with van der Waals surface area (Å²) < 4.78 is 16.3. The molecule has 3 heterocycles. The maximum Gasteiger partial charge on any atom is 0.243 e. The van der Waals surface area contributed by atoms with E-state index in [9.17, 15) is 0 Å². The van der Waals surface area contributed by atoms with Gasteiger partial charge in [0.1, 0.15) is 0 Å². The summed E-state index contributed by atoms with van der Waals surface area (Å²) in [6, 6.07) is 6.70. The van der Waals surface area contributed by atoms with Gasteiger partial charge in [0.15, 0.2) is 17.3 Å². The first kappa shape index (κ1) is 18.1. The molecule has 1 fully saturated rings. The molecule has 4 rings (SSSR count). The Balaban J connectivity index is 1.29. The van der Waals surface area contributed by atoms with Crippen molar-refractivity contribution in [2.75, 3.05) is 24.8 Å². The Morgan fingerprint density at radius 3 is 2.70 bits per heavy atom. The van der Waals surface area contributed by atoms with Gasteiger partial charge in [0.2, 0.25) is 12.7 Å². The maximum atomic E-state index is 5.49. The topological polar surface area (TPSA) is 72.7 Å². The van der Waals surface area contributed by atoms with Crippen molar-refractivity contribution in [1.82, 2.24) is 15.5 Å². The van der Waals surface area contributed by atoms with E-state index in [-0.39, 0.29) is 6.04 Å². The standard InChI is InChI=1S/C20H28N4O3/c1-13(2)10-19-22-20(27-23-19)14(3)21-15-6-8-24(9-7-15)16-4-5-17-18(11-16)26-12-25-17/h4-5,11,13-15,21H,6-10,12H2,1-3H3/t14-/m0/s1. The van der Waals surface area contributed by atoms with E-state index in [1.54, 1.807) is 0 Å². The molecule has 0 spiro atoms. The molecule has 0 saturated carbocycles. The van der Waals surface area contributed by atoms with Gasteiger partial charge in [0, 0.05) is 37.3 Å². The summed E-state index contributed by atoms with van der Waals surface area (Å²) in [6.07, 6.45) is 3.00. The van der Waals surface area contributed by atoms with Crippen LogP contribution in [0.2, 0.25) is 0 Å². The van der Waals surface area contributed by atoms with Crippen LogP contribution in [0, 0.1) is 5.92 Å².